The van der Waals surface area contributed by atoms with Gasteiger partial charge >= 0.3 is 6.09 Å². The molecule has 1 aliphatic heterocycles. The molecular formula is C22H26Cl3N3O5. The molecule has 0 radical (unpaired) electrons. The highest BCUT2D eigenvalue weighted by Gasteiger charge is 2.27. The largest absolute Gasteiger partial charge is 0.439 e. The van der Waals surface area contributed by atoms with Gasteiger partial charge in [-0.1, -0.05) is 40.9 Å². The lowest BCUT2D eigenvalue weighted by molar-refractivity contribution is -0.118. The number of nitrogens with zero attached hydrogens (tertiary/aromatic N) is 1. The summed E-state index contributed by atoms with van der Waals surface area (Å²) < 4.78 is 5.16. The van der Waals surface area contributed by atoms with Crippen molar-refractivity contribution in [2.24, 2.45) is 5.73 Å². The van der Waals surface area contributed by atoms with E-state index in [9.17, 15) is 9.59 Å². The van der Waals surface area contributed by atoms with Gasteiger partial charge in [-0.3, -0.25) is 9.69 Å². The van der Waals surface area contributed by atoms with Crippen LogP contribution in [0.1, 0.15) is 17.5 Å². The van der Waals surface area contributed by atoms with Crippen molar-refractivity contribution in [2.45, 2.75) is 19.8 Å². The van der Waals surface area contributed by atoms with E-state index in [1.54, 1.807) is 24.3 Å². The average molecular weight is 519 g/mol. The number of benzene rings is 2. The van der Waals surface area contributed by atoms with E-state index < -0.39 is 18.6 Å². The molecule has 2 amide bonds. The normalized spacial score (nSPS) is 11.2. The molecule has 0 bridgehead atoms. The van der Waals surface area contributed by atoms with Crippen LogP contribution < -0.4 is 16.0 Å². The minimum Gasteiger partial charge on any atom is -0.439 e. The van der Waals surface area contributed by atoms with Crippen LogP contribution in [0.5, 0.6) is 0 Å². The van der Waals surface area contributed by atoms with Crippen LogP contribution in [0.4, 0.5) is 16.2 Å². The SMILES string of the molecule is C=O.C=O.CN.Cc1ccc(NC(=O)COC(=O)N2CCCc3cc(Cl)cc(Cl)c32)c(Cl)c1. The second kappa shape index (κ2) is 16.0. The molecule has 2 aromatic carbocycles. The zero-order chi connectivity index (χ0) is 25.6. The highest BCUT2D eigenvalue weighted by Crippen LogP contribution is 2.37. The summed E-state index contributed by atoms with van der Waals surface area (Å²) in [5.41, 5.74) is 7.40. The van der Waals surface area contributed by atoms with Gasteiger partial charge in [0.15, 0.2) is 6.61 Å². The number of hydrogen-bond donors (Lipinski definition) is 2. The number of carbonyl (C=O) groups is 4. The van der Waals surface area contributed by atoms with Gasteiger partial charge in [0.05, 0.1) is 21.4 Å². The fraction of sp³-hybridized carbons (Fsp3) is 0.273. The van der Waals surface area contributed by atoms with E-state index in [0.29, 0.717) is 33.0 Å². The van der Waals surface area contributed by atoms with Crippen molar-refractivity contribution in [2.75, 3.05) is 30.4 Å². The smallest absolute Gasteiger partial charge is 0.414 e. The number of rotatable bonds is 3. The summed E-state index contributed by atoms with van der Waals surface area (Å²) in [6, 6.07) is 8.63. The second-order valence-corrected chi connectivity index (χ2v) is 7.49. The topological polar surface area (TPSA) is 119 Å². The molecule has 1 aliphatic rings. The fourth-order valence-electron chi connectivity index (χ4n) is 2.95. The lowest BCUT2D eigenvalue weighted by atomic mass is 10.0. The maximum absolute atomic E-state index is 12.5. The summed E-state index contributed by atoms with van der Waals surface area (Å²) in [5, 5.41) is 3.94. The number of nitrogens with two attached hydrogens (primary N) is 1. The molecule has 33 heavy (non-hydrogen) atoms. The van der Waals surface area contributed by atoms with Crippen molar-refractivity contribution >= 4 is 71.8 Å². The highest BCUT2D eigenvalue weighted by molar-refractivity contribution is 6.37. The highest BCUT2D eigenvalue weighted by atomic mass is 35.5. The molecule has 0 fully saturated rings. The van der Waals surface area contributed by atoms with Crippen LogP contribution in [0.3, 0.4) is 0 Å². The van der Waals surface area contributed by atoms with Crippen molar-refractivity contribution in [1.82, 2.24) is 0 Å². The van der Waals surface area contributed by atoms with Crippen LogP contribution in [0.2, 0.25) is 15.1 Å². The quantitative estimate of drug-likeness (QED) is 0.608. The van der Waals surface area contributed by atoms with E-state index in [-0.39, 0.29) is 0 Å². The maximum Gasteiger partial charge on any atom is 0.414 e. The monoisotopic (exact) mass is 517 g/mol. The summed E-state index contributed by atoms with van der Waals surface area (Å²) >= 11 is 18.4. The lowest BCUT2D eigenvalue weighted by Gasteiger charge is -2.29. The second-order valence-electron chi connectivity index (χ2n) is 6.24. The van der Waals surface area contributed by atoms with E-state index in [4.69, 9.17) is 49.1 Å². The molecule has 11 heteroatoms. The molecule has 0 saturated heterocycles. The van der Waals surface area contributed by atoms with Crippen molar-refractivity contribution in [3.63, 3.8) is 0 Å². The summed E-state index contributed by atoms with van der Waals surface area (Å²) in [6.45, 7) is 5.92. The van der Waals surface area contributed by atoms with Gasteiger partial charge in [0.25, 0.3) is 5.91 Å². The Morgan fingerprint density at radius 3 is 2.30 bits per heavy atom. The number of ether oxygens (including phenoxy) is 1. The predicted molar refractivity (Wildman–Crippen MR) is 133 cm³/mol. The number of fused-ring (bicyclic) bond motifs is 1. The Balaban J connectivity index is 0.00000158. The number of anilines is 2. The molecule has 3 rings (SSSR count). The molecular weight excluding hydrogens is 493 g/mol. The Hall–Kier alpha value is -2.65. The first-order valence-corrected chi connectivity index (χ1v) is 10.6. The molecule has 180 valence electrons. The fourth-order valence-corrected chi connectivity index (χ4v) is 3.87. The van der Waals surface area contributed by atoms with Crippen LogP contribution >= 0.6 is 34.8 Å². The van der Waals surface area contributed by atoms with Crippen molar-refractivity contribution < 1.29 is 23.9 Å². The lowest BCUT2D eigenvalue weighted by Crippen LogP contribution is -2.37. The molecule has 0 spiro atoms. The number of amides is 2. The number of carbonyl (C=O) groups excluding carboxylic acids is 4. The average Bonchev–Trinajstić information content (AvgIpc) is 2.82. The molecule has 8 nitrogen and oxygen atoms in total. The number of halogens is 3. The number of nitrogens with one attached hydrogen (secondary N) is 1. The molecule has 0 aliphatic carbocycles. The van der Waals surface area contributed by atoms with Gasteiger partial charge in [0.2, 0.25) is 0 Å². The van der Waals surface area contributed by atoms with Crippen molar-refractivity contribution in [3.05, 3.63) is 56.5 Å². The van der Waals surface area contributed by atoms with Crippen LogP contribution in [-0.4, -0.2) is 45.8 Å². The standard InChI is InChI=1S/C19H17Cl3N2O3.CH5N.2CH2O/c1-11-4-5-16(14(21)7-11)23-17(25)10-27-19(26)24-6-2-3-12-8-13(20)9-15(22)18(12)24;3*1-2/h4-5,7-9H,2-3,6,10H2,1H3,(H,23,25);2H2,1H3;2*1H2. The van der Waals surface area contributed by atoms with Crippen LogP contribution in [0.15, 0.2) is 30.3 Å². The third-order valence-electron chi connectivity index (χ3n) is 4.15. The minimum atomic E-state index is -0.634. The predicted octanol–water partition coefficient (Wildman–Crippen LogP) is 4.69. The summed E-state index contributed by atoms with van der Waals surface area (Å²) in [6.07, 6.45) is 0.890. The first kappa shape index (κ1) is 30.4. The Morgan fingerprint density at radius 1 is 1.06 bits per heavy atom. The van der Waals surface area contributed by atoms with Crippen molar-refractivity contribution in [3.8, 4) is 0 Å². The Morgan fingerprint density at radius 2 is 1.70 bits per heavy atom. The molecule has 2 aromatic rings. The van der Waals surface area contributed by atoms with Gasteiger partial charge in [-0.15, -0.1) is 0 Å². The Bertz CT molecular complexity index is 942. The summed E-state index contributed by atoms with van der Waals surface area (Å²) in [4.78, 5) is 42.0. The zero-order valence-corrected chi connectivity index (χ0v) is 20.6. The summed E-state index contributed by atoms with van der Waals surface area (Å²) in [7, 11) is 1.50. The molecule has 0 aromatic heterocycles. The van der Waals surface area contributed by atoms with E-state index in [2.05, 4.69) is 11.1 Å². The third kappa shape index (κ3) is 9.01. The molecule has 0 unspecified atom stereocenters. The third-order valence-corrected chi connectivity index (χ3v) is 4.97. The van der Waals surface area contributed by atoms with Gasteiger partial charge in [-0.05, 0) is 62.2 Å². The van der Waals surface area contributed by atoms with Gasteiger partial charge in [0, 0.05) is 11.6 Å². The Kier molecular flexibility index (Phi) is 14.8. The van der Waals surface area contributed by atoms with E-state index in [1.165, 1.54) is 11.9 Å². The van der Waals surface area contributed by atoms with Crippen LogP contribution in [0.25, 0.3) is 0 Å². The van der Waals surface area contributed by atoms with Gasteiger partial charge in [-0.25, -0.2) is 4.79 Å². The first-order chi connectivity index (χ1) is 15.8. The van der Waals surface area contributed by atoms with Gasteiger partial charge in [-0.2, -0.15) is 0 Å². The zero-order valence-electron chi connectivity index (χ0n) is 18.3. The first-order valence-electron chi connectivity index (χ1n) is 9.49. The maximum atomic E-state index is 12.5. The summed E-state index contributed by atoms with van der Waals surface area (Å²) in [5.74, 6) is -0.478. The van der Waals surface area contributed by atoms with Gasteiger partial charge < -0.3 is 25.4 Å². The minimum absolute atomic E-state index is 0.380. The number of hydrogen-bond acceptors (Lipinski definition) is 6. The molecule has 3 N–H and O–H groups in total. The van der Waals surface area contributed by atoms with E-state index >= 15 is 0 Å². The number of aryl methyl sites for hydroxylation is 2. The van der Waals surface area contributed by atoms with Gasteiger partial charge in [0.1, 0.15) is 13.6 Å². The van der Waals surface area contributed by atoms with Crippen LogP contribution in [0, 0.1) is 6.92 Å². The molecule has 0 atom stereocenters. The Labute approximate surface area is 207 Å². The van der Waals surface area contributed by atoms with E-state index in [1.807, 2.05) is 26.6 Å². The van der Waals surface area contributed by atoms with Crippen molar-refractivity contribution in [1.29, 1.82) is 0 Å². The molecule has 0 saturated carbocycles. The van der Waals surface area contributed by atoms with Crippen LogP contribution in [-0.2, 0) is 25.5 Å². The van der Waals surface area contributed by atoms with E-state index in [0.717, 1.165) is 24.0 Å². The molecule has 1 heterocycles.